The second-order valence-corrected chi connectivity index (χ2v) is 6.86. The number of rotatable bonds is 6. The van der Waals surface area contributed by atoms with Crippen LogP contribution in [-0.4, -0.2) is 19.7 Å². The molecule has 2 fully saturated rings. The fraction of sp³-hybridized carbons (Fsp3) is 0.667. The molecule has 1 aromatic carbocycles. The van der Waals surface area contributed by atoms with Gasteiger partial charge in [-0.05, 0) is 55.2 Å². The molecule has 2 aliphatic carbocycles. The summed E-state index contributed by atoms with van der Waals surface area (Å²) in [5.74, 6) is 0.101. The van der Waals surface area contributed by atoms with Gasteiger partial charge in [-0.2, -0.15) is 0 Å². The third kappa shape index (κ3) is 3.76. The largest absolute Gasteiger partial charge is 0.494 e. The van der Waals surface area contributed by atoms with E-state index in [2.05, 4.69) is 5.32 Å². The second kappa shape index (κ2) is 6.35. The highest BCUT2D eigenvalue weighted by molar-refractivity contribution is 5.30. The molecule has 0 spiro atoms. The van der Waals surface area contributed by atoms with E-state index in [4.69, 9.17) is 4.74 Å². The van der Waals surface area contributed by atoms with Gasteiger partial charge in [0.2, 0.25) is 0 Å². The van der Waals surface area contributed by atoms with E-state index in [0.29, 0.717) is 11.2 Å². The zero-order chi connectivity index (χ0) is 14.7. The van der Waals surface area contributed by atoms with Crippen molar-refractivity contribution < 1.29 is 9.13 Å². The molecule has 3 heteroatoms. The molecule has 1 aromatic rings. The van der Waals surface area contributed by atoms with Crippen LogP contribution in [0.2, 0.25) is 0 Å². The maximum atomic E-state index is 13.9. The van der Waals surface area contributed by atoms with Crippen LogP contribution in [0.25, 0.3) is 0 Å². The van der Waals surface area contributed by atoms with E-state index in [9.17, 15) is 4.39 Å². The number of halogens is 1. The summed E-state index contributed by atoms with van der Waals surface area (Å²) in [6.45, 7) is 1.09. The van der Waals surface area contributed by atoms with Crippen LogP contribution in [0.3, 0.4) is 0 Å². The molecule has 0 aliphatic heterocycles. The Hall–Kier alpha value is -1.09. The van der Waals surface area contributed by atoms with Crippen LogP contribution >= 0.6 is 0 Å². The first-order chi connectivity index (χ1) is 10.2. The fourth-order valence-corrected chi connectivity index (χ4v) is 3.62. The molecule has 21 heavy (non-hydrogen) atoms. The van der Waals surface area contributed by atoms with E-state index in [1.165, 1.54) is 52.1 Å². The first-order valence-corrected chi connectivity index (χ1v) is 8.27. The van der Waals surface area contributed by atoms with Gasteiger partial charge in [0.25, 0.3) is 0 Å². The highest BCUT2D eigenvalue weighted by atomic mass is 19.1. The number of hydrogen-bond acceptors (Lipinski definition) is 2. The predicted molar refractivity (Wildman–Crippen MR) is 83.2 cm³/mol. The fourth-order valence-electron chi connectivity index (χ4n) is 3.62. The summed E-state index contributed by atoms with van der Waals surface area (Å²) >= 11 is 0. The van der Waals surface area contributed by atoms with Gasteiger partial charge in [-0.25, -0.2) is 4.39 Å². The third-order valence-corrected chi connectivity index (χ3v) is 5.05. The topological polar surface area (TPSA) is 21.3 Å². The normalized spacial score (nSPS) is 21.2. The van der Waals surface area contributed by atoms with Gasteiger partial charge in [0.1, 0.15) is 0 Å². The van der Waals surface area contributed by atoms with Gasteiger partial charge in [-0.1, -0.05) is 25.3 Å². The van der Waals surface area contributed by atoms with Crippen molar-refractivity contribution in [3.8, 4) is 5.75 Å². The molecule has 0 radical (unpaired) electrons. The molecule has 0 atom stereocenters. The highest BCUT2D eigenvalue weighted by Gasteiger charge is 2.34. The Morgan fingerprint density at radius 3 is 2.62 bits per heavy atom. The molecule has 0 unspecified atom stereocenters. The summed E-state index contributed by atoms with van der Waals surface area (Å²) in [5.41, 5.74) is 1.43. The minimum atomic E-state index is -0.240. The lowest BCUT2D eigenvalue weighted by atomic mass is 9.70. The maximum Gasteiger partial charge on any atom is 0.165 e. The molecular weight excluding hydrogens is 265 g/mol. The summed E-state index contributed by atoms with van der Waals surface area (Å²) < 4.78 is 18.9. The van der Waals surface area contributed by atoms with E-state index >= 15 is 0 Å². The van der Waals surface area contributed by atoms with Crippen molar-refractivity contribution in [3.05, 3.63) is 29.6 Å². The van der Waals surface area contributed by atoms with E-state index in [-0.39, 0.29) is 5.82 Å². The molecule has 2 aliphatic rings. The average molecular weight is 291 g/mol. The molecular formula is C18H26FNO. The Labute approximate surface area is 127 Å². The van der Waals surface area contributed by atoms with Crippen LogP contribution in [0.4, 0.5) is 4.39 Å². The van der Waals surface area contributed by atoms with Crippen LogP contribution in [0, 0.1) is 11.2 Å². The first-order valence-electron chi connectivity index (χ1n) is 8.27. The van der Waals surface area contributed by atoms with Gasteiger partial charge in [-0.3, -0.25) is 0 Å². The van der Waals surface area contributed by atoms with Crippen molar-refractivity contribution in [3.63, 3.8) is 0 Å². The van der Waals surface area contributed by atoms with Crippen LogP contribution in [0.15, 0.2) is 18.2 Å². The minimum Gasteiger partial charge on any atom is -0.494 e. The van der Waals surface area contributed by atoms with Crippen molar-refractivity contribution in [2.24, 2.45) is 5.41 Å². The lowest BCUT2D eigenvalue weighted by Crippen LogP contribution is -2.38. The van der Waals surface area contributed by atoms with Crippen LogP contribution in [0.1, 0.15) is 50.5 Å². The van der Waals surface area contributed by atoms with Gasteiger partial charge in [0, 0.05) is 12.6 Å². The molecule has 0 heterocycles. The number of benzene rings is 1. The molecule has 1 N–H and O–H groups in total. The predicted octanol–water partition coefficient (Wildman–Crippen LogP) is 4.08. The number of methoxy groups -OCH3 is 1. The third-order valence-electron chi connectivity index (χ3n) is 5.05. The van der Waals surface area contributed by atoms with Gasteiger partial charge in [-0.15, -0.1) is 0 Å². The second-order valence-electron chi connectivity index (χ2n) is 6.86. The van der Waals surface area contributed by atoms with Crippen molar-refractivity contribution >= 4 is 0 Å². The van der Waals surface area contributed by atoms with E-state index in [0.717, 1.165) is 24.6 Å². The summed E-state index contributed by atoms with van der Waals surface area (Å²) in [5, 5.41) is 3.71. The standard InChI is InChI=1S/C18H26FNO/c1-21-17-8-5-14(11-16(17)19)12-18(9-3-2-4-10-18)13-20-15-6-7-15/h5,8,11,15,20H,2-4,6-7,9-10,12-13H2,1H3. The minimum absolute atomic E-state index is 0.240. The van der Waals surface area contributed by atoms with E-state index in [1.807, 2.05) is 6.07 Å². The Morgan fingerprint density at radius 1 is 1.24 bits per heavy atom. The van der Waals surface area contributed by atoms with Crippen molar-refractivity contribution in [2.45, 2.75) is 57.4 Å². The number of ether oxygens (including phenoxy) is 1. The first kappa shape index (κ1) is 14.8. The average Bonchev–Trinajstić information content (AvgIpc) is 3.31. The summed E-state index contributed by atoms with van der Waals surface area (Å²) in [6.07, 6.45) is 10.1. The lowest BCUT2D eigenvalue weighted by molar-refractivity contribution is 0.180. The van der Waals surface area contributed by atoms with Crippen LogP contribution in [-0.2, 0) is 6.42 Å². The van der Waals surface area contributed by atoms with Gasteiger partial charge < -0.3 is 10.1 Å². The molecule has 0 saturated heterocycles. The molecule has 0 aromatic heterocycles. The van der Waals surface area contributed by atoms with Crippen LogP contribution in [0.5, 0.6) is 5.75 Å². The Morgan fingerprint density at radius 2 is 2.00 bits per heavy atom. The summed E-state index contributed by atoms with van der Waals surface area (Å²) in [4.78, 5) is 0. The Kier molecular flexibility index (Phi) is 4.48. The quantitative estimate of drug-likeness (QED) is 0.852. The van der Waals surface area contributed by atoms with E-state index < -0.39 is 0 Å². The van der Waals surface area contributed by atoms with Crippen LogP contribution < -0.4 is 10.1 Å². The molecule has 116 valence electrons. The molecule has 2 nitrogen and oxygen atoms in total. The lowest BCUT2D eigenvalue weighted by Gasteiger charge is -2.38. The molecule has 0 bridgehead atoms. The number of hydrogen-bond donors (Lipinski definition) is 1. The van der Waals surface area contributed by atoms with Crippen molar-refractivity contribution in [1.29, 1.82) is 0 Å². The monoisotopic (exact) mass is 291 g/mol. The Bertz CT molecular complexity index is 478. The molecule has 3 rings (SSSR count). The zero-order valence-corrected chi connectivity index (χ0v) is 13.0. The molecule has 2 saturated carbocycles. The highest BCUT2D eigenvalue weighted by Crippen LogP contribution is 2.40. The molecule has 0 amide bonds. The summed E-state index contributed by atoms with van der Waals surface area (Å²) in [7, 11) is 1.51. The van der Waals surface area contributed by atoms with Crippen molar-refractivity contribution in [2.75, 3.05) is 13.7 Å². The zero-order valence-electron chi connectivity index (χ0n) is 13.0. The number of nitrogens with one attached hydrogen (secondary N) is 1. The van der Waals surface area contributed by atoms with Gasteiger partial charge >= 0.3 is 0 Å². The Balaban J connectivity index is 1.71. The smallest absolute Gasteiger partial charge is 0.165 e. The van der Waals surface area contributed by atoms with E-state index in [1.54, 1.807) is 12.1 Å². The van der Waals surface area contributed by atoms with Gasteiger partial charge in [0.15, 0.2) is 11.6 Å². The van der Waals surface area contributed by atoms with Gasteiger partial charge in [0.05, 0.1) is 7.11 Å². The maximum absolute atomic E-state index is 13.9. The van der Waals surface area contributed by atoms with Crippen molar-refractivity contribution in [1.82, 2.24) is 5.32 Å². The summed E-state index contributed by atoms with van der Waals surface area (Å²) in [6, 6.07) is 6.19. The SMILES string of the molecule is COc1ccc(CC2(CNC3CC3)CCCCC2)cc1F.